The lowest BCUT2D eigenvalue weighted by atomic mass is 9.95. The molecule has 0 aliphatic carbocycles. The zero-order valence-electron chi connectivity index (χ0n) is 28.0. The summed E-state index contributed by atoms with van der Waals surface area (Å²) in [4.78, 5) is 65.1. The van der Waals surface area contributed by atoms with Crippen molar-refractivity contribution in [3.05, 3.63) is 35.3 Å². The summed E-state index contributed by atoms with van der Waals surface area (Å²) in [7, 11) is 0. The van der Waals surface area contributed by atoms with Gasteiger partial charge in [0, 0.05) is 18.7 Å². The largest absolute Gasteiger partial charge is 0.619 e. The van der Waals surface area contributed by atoms with Crippen molar-refractivity contribution in [1.82, 2.24) is 26.6 Å². The van der Waals surface area contributed by atoms with E-state index in [1.165, 1.54) is 24.5 Å². The summed E-state index contributed by atoms with van der Waals surface area (Å²) in [5.74, 6) is -2.81. The highest BCUT2D eigenvalue weighted by atomic mass is 16.5. The van der Waals surface area contributed by atoms with Crippen LogP contribution < -0.4 is 31.3 Å². The molecule has 0 saturated heterocycles. The first-order valence-corrected chi connectivity index (χ1v) is 16.0. The van der Waals surface area contributed by atoms with Crippen LogP contribution >= 0.6 is 0 Å². The summed E-state index contributed by atoms with van der Waals surface area (Å²) in [6.07, 6.45) is 2.59. The zero-order valence-corrected chi connectivity index (χ0v) is 28.0. The van der Waals surface area contributed by atoms with E-state index in [1.54, 1.807) is 6.92 Å². The monoisotopic (exact) mass is 634 g/mol. The van der Waals surface area contributed by atoms with Gasteiger partial charge in [0.2, 0.25) is 23.6 Å². The maximum atomic E-state index is 13.5. The number of aromatic nitrogens is 1. The molecule has 13 nitrogen and oxygen atoms in total. The number of rotatable bonds is 19. The Kier molecular flexibility index (Phi) is 17.1. The minimum Gasteiger partial charge on any atom is -0.619 e. The van der Waals surface area contributed by atoms with E-state index in [4.69, 9.17) is 0 Å². The number of nitrogens with zero attached hydrogens (tertiary/aromatic N) is 1. The Morgan fingerprint density at radius 2 is 1.47 bits per heavy atom. The number of hydrogen-bond acceptors (Lipinski definition) is 7. The quantitative estimate of drug-likeness (QED) is 0.0976. The van der Waals surface area contributed by atoms with Crippen molar-refractivity contribution in [3.8, 4) is 0 Å². The van der Waals surface area contributed by atoms with Crippen LogP contribution in [0.1, 0.15) is 97.9 Å². The Balaban J connectivity index is 3.05. The lowest BCUT2D eigenvalue weighted by Gasteiger charge is -2.30. The van der Waals surface area contributed by atoms with Gasteiger partial charge in [-0.3, -0.25) is 24.0 Å². The van der Waals surface area contributed by atoms with Gasteiger partial charge in [-0.25, -0.2) is 0 Å². The number of nitrogens with one attached hydrogen (secondary N) is 5. The molecule has 0 unspecified atom stereocenters. The minimum absolute atomic E-state index is 0.0602. The smallest absolute Gasteiger partial charge is 0.252 e. The molecule has 0 aliphatic rings. The second-order valence-electron chi connectivity index (χ2n) is 12.3. The molecule has 0 bridgehead atoms. The Morgan fingerprint density at radius 3 is 1.98 bits per heavy atom. The Labute approximate surface area is 267 Å². The molecule has 1 rings (SSSR count). The van der Waals surface area contributed by atoms with Crippen LogP contribution in [-0.4, -0.2) is 71.5 Å². The number of pyridine rings is 1. The van der Waals surface area contributed by atoms with Crippen LogP contribution in [0, 0.1) is 23.0 Å². The average molecular weight is 635 g/mol. The maximum absolute atomic E-state index is 13.5. The second kappa shape index (κ2) is 19.6. The summed E-state index contributed by atoms with van der Waals surface area (Å²) in [6.45, 7) is 15.2. The molecule has 5 amide bonds. The number of hydrogen-bond donors (Lipinski definition) is 6. The molecule has 0 fully saturated rings. The van der Waals surface area contributed by atoms with Gasteiger partial charge in [-0.05, 0) is 37.5 Å². The molecule has 13 heteroatoms. The van der Waals surface area contributed by atoms with Crippen molar-refractivity contribution in [2.24, 2.45) is 17.8 Å². The Morgan fingerprint density at radius 1 is 0.844 bits per heavy atom. The first kappa shape index (κ1) is 39.3. The van der Waals surface area contributed by atoms with Gasteiger partial charge in [0.25, 0.3) is 5.91 Å². The molecule has 0 spiro atoms. The van der Waals surface area contributed by atoms with Gasteiger partial charge in [0.1, 0.15) is 18.1 Å². The predicted octanol–water partition coefficient (Wildman–Crippen LogP) is 1.31. The molecule has 45 heavy (non-hydrogen) atoms. The van der Waals surface area contributed by atoms with Gasteiger partial charge >= 0.3 is 0 Å². The maximum Gasteiger partial charge on any atom is 0.252 e. The van der Waals surface area contributed by atoms with Crippen LogP contribution in [0.3, 0.4) is 0 Å². The van der Waals surface area contributed by atoms with Gasteiger partial charge in [0.05, 0.1) is 24.1 Å². The molecule has 0 aliphatic heterocycles. The van der Waals surface area contributed by atoms with Crippen LogP contribution in [0.15, 0.2) is 24.5 Å². The van der Waals surface area contributed by atoms with Crippen molar-refractivity contribution in [2.45, 2.75) is 118 Å². The fourth-order valence-corrected chi connectivity index (χ4v) is 4.80. The molecule has 0 saturated carbocycles. The number of aliphatic hydroxyl groups is 1. The molecule has 1 heterocycles. The third kappa shape index (κ3) is 13.4. The van der Waals surface area contributed by atoms with E-state index in [0.717, 1.165) is 0 Å². The fourth-order valence-electron chi connectivity index (χ4n) is 4.80. The van der Waals surface area contributed by atoms with Gasteiger partial charge in [-0.15, -0.1) is 0 Å². The van der Waals surface area contributed by atoms with Crippen LogP contribution in [0.5, 0.6) is 0 Å². The normalized spacial score (nSPS) is 15.3. The van der Waals surface area contributed by atoms with Gasteiger partial charge in [-0.1, -0.05) is 61.3 Å². The van der Waals surface area contributed by atoms with E-state index in [0.29, 0.717) is 37.0 Å². The number of carbonyl (C=O) groups excluding carboxylic acids is 5. The highest BCUT2D eigenvalue weighted by Gasteiger charge is 2.33. The average Bonchev–Trinajstić information content (AvgIpc) is 2.97. The highest BCUT2D eigenvalue weighted by Crippen LogP contribution is 2.14. The van der Waals surface area contributed by atoms with Crippen molar-refractivity contribution in [1.29, 1.82) is 0 Å². The SMILES string of the molecule is CCC[C@H](NC(=O)[C@@H](NC(=O)c1cc[n+]([O-])cc1)[C@@H](C)CC)C(=O)N[C@@H](CC(C)C)[C@@H](O)CC(=O)N[C@H](C(=O)NCC)C(C)C. The molecular formula is C32H54N6O7. The van der Waals surface area contributed by atoms with Crippen LogP contribution in [0.4, 0.5) is 0 Å². The van der Waals surface area contributed by atoms with Crippen LogP contribution in [0.25, 0.3) is 0 Å². The number of amides is 5. The summed E-state index contributed by atoms with van der Waals surface area (Å²) in [6, 6.07) is -0.770. The first-order chi connectivity index (χ1) is 21.1. The molecular weight excluding hydrogens is 580 g/mol. The summed E-state index contributed by atoms with van der Waals surface area (Å²) in [5.41, 5.74) is 0.214. The van der Waals surface area contributed by atoms with Gasteiger partial charge in [0.15, 0.2) is 12.4 Å². The van der Waals surface area contributed by atoms with E-state index in [1.807, 2.05) is 48.5 Å². The van der Waals surface area contributed by atoms with Gasteiger partial charge in [-0.2, -0.15) is 4.73 Å². The number of likely N-dealkylation sites (N-methyl/N-ethyl adjacent to an activating group) is 1. The zero-order chi connectivity index (χ0) is 34.3. The summed E-state index contributed by atoms with van der Waals surface area (Å²) >= 11 is 0. The number of aliphatic hydroxyl groups excluding tert-OH is 1. The summed E-state index contributed by atoms with van der Waals surface area (Å²) < 4.78 is 0.550. The van der Waals surface area contributed by atoms with Gasteiger partial charge < -0.3 is 36.9 Å². The van der Waals surface area contributed by atoms with Crippen LogP contribution in [0.2, 0.25) is 0 Å². The Bertz CT molecular complexity index is 1110. The molecule has 1 aromatic heterocycles. The van der Waals surface area contributed by atoms with Crippen LogP contribution in [-0.2, 0) is 19.2 Å². The second-order valence-corrected chi connectivity index (χ2v) is 12.3. The third-order valence-corrected chi connectivity index (χ3v) is 7.59. The van der Waals surface area contributed by atoms with E-state index >= 15 is 0 Å². The summed E-state index contributed by atoms with van der Waals surface area (Å²) in [5, 5.41) is 36.1. The van der Waals surface area contributed by atoms with E-state index < -0.39 is 53.9 Å². The van der Waals surface area contributed by atoms with Crippen molar-refractivity contribution >= 4 is 29.5 Å². The van der Waals surface area contributed by atoms with E-state index in [2.05, 4.69) is 26.6 Å². The topological polar surface area (TPSA) is 193 Å². The van der Waals surface area contributed by atoms with E-state index in [9.17, 15) is 34.3 Å². The highest BCUT2D eigenvalue weighted by molar-refractivity contribution is 5.98. The molecule has 0 aromatic carbocycles. The third-order valence-electron chi connectivity index (χ3n) is 7.59. The molecule has 6 atom stereocenters. The standard InChI is InChI=1S/C32H54N6O7/c1-9-12-23(34-32(44)28(21(8)10-2)37-29(41)22-13-15-38(45)16-14-22)30(42)35-24(17-19(4)5)25(39)18-26(40)36-27(20(6)7)31(43)33-11-3/h13-16,19-21,23-25,27-28,39H,9-12,17-18H2,1-8H3,(H,33,43)(H,34,44)(H,35,42)(H,36,40)(H,37,41)/t21-,23-,24-,25-,27-,28-/m0/s1. The lowest BCUT2D eigenvalue weighted by Crippen LogP contribution is -2.58. The first-order valence-electron chi connectivity index (χ1n) is 16.0. The predicted molar refractivity (Wildman–Crippen MR) is 170 cm³/mol. The molecule has 6 N–H and O–H groups in total. The fraction of sp³-hybridized carbons (Fsp3) is 0.688. The minimum atomic E-state index is -1.25. The number of carbonyl (C=O) groups is 5. The van der Waals surface area contributed by atoms with E-state index in [-0.39, 0.29) is 35.6 Å². The molecule has 0 radical (unpaired) electrons. The lowest BCUT2D eigenvalue weighted by molar-refractivity contribution is -0.605. The van der Waals surface area contributed by atoms with Crippen molar-refractivity contribution in [3.63, 3.8) is 0 Å². The van der Waals surface area contributed by atoms with Crippen molar-refractivity contribution in [2.75, 3.05) is 6.54 Å². The Hall–Kier alpha value is -3.74. The van der Waals surface area contributed by atoms with Crippen molar-refractivity contribution < 1.29 is 33.8 Å². The molecule has 254 valence electrons. The molecule has 1 aromatic rings.